The SMILES string of the molecule is CC(C)(C)OC(=O)N1C=CC(OCC(C2CC2)C2CC2)N1. The Kier molecular flexibility index (Phi) is 3.97. The molecule has 2 saturated carbocycles. The van der Waals surface area contributed by atoms with Crippen LogP contribution in [0.3, 0.4) is 0 Å². The molecule has 0 aromatic rings. The molecular formula is C16H26N2O3. The van der Waals surface area contributed by atoms with Crippen molar-refractivity contribution in [2.45, 2.75) is 58.3 Å². The molecule has 1 aliphatic heterocycles. The van der Waals surface area contributed by atoms with Crippen LogP contribution in [-0.4, -0.2) is 29.5 Å². The predicted octanol–water partition coefficient (Wildman–Crippen LogP) is 3.03. The zero-order chi connectivity index (χ0) is 15.0. The molecule has 1 heterocycles. The highest BCUT2D eigenvalue weighted by atomic mass is 16.6. The van der Waals surface area contributed by atoms with Gasteiger partial charge in [0.1, 0.15) is 11.8 Å². The van der Waals surface area contributed by atoms with Crippen molar-refractivity contribution in [2.75, 3.05) is 6.61 Å². The summed E-state index contributed by atoms with van der Waals surface area (Å²) in [5, 5.41) is 1.36. The lowest BCUT2D eigenvalue weighted by Gasteiger charge is -2.25. The summed E-state index contributed by atoms with van der Waals surface area (Å²) >= 11 is 0. The second-order valence-corrected chi connectivity index (χ2v) is 7.41. The maximum absolute atomic E-state index is 11.9. The van der Waals surface area contributed by atoms with Crippen LogP contribution in [0.25, 0.3) is 0 Å². The van der Waals surface area contributed by atoms with Gasteiger partial charge in [0, 0.05) is 6.20 Å². The summed E-state index contributed by atoms with van der Waals surface area (Å²) in [6.45, 7) is 6.36. The van der Waals surface area contributed by atoms with E-state index in [2.05, 4.69) is 5.43 Å². The van der Waals surface area contributed by atoms with E-state index >= 15 is 0 Å². The maximum Gasteiger partial charge on any atom is 0.429 e. The van der Waals surface area contributed by atoms with Crippen molar-refractivity contribution in [1.82, 2.24) is 10.4 Å². The number of hydrazine groups is 1. The molecule has 21 heavy (non-hydrogen) atoms. The fourth-order valence-electron chi connectivity index (χ4n) is 2.83. The van der Waals surface area contributed by atoms with Gasteiger partial charge in [-0.2, -0.15) is 5.43 Å². The zero-order valence-corrected chi connectivity index (χ0v) is 13.2. The van der Waals surface area contributed by atoms with Crippen LogP contribution in [-0.2, 0) is 9.47 Å². The molecule has 5 heteroatoms. The molecule has 3 aliphatic rings. The molecule has 0 bridgehead atoms. The van der Waals surface area contributed by atoms with Gasteiger partial charge in [-0.1, -0.05) is 0 Å². The molecule has 5 nitrogen and oxygen atoms in total. The number of amides is 1. The standard InChI is InChI=1S/C16H26N2O3/c1-16(2,3)21-15(19)18-9-8-14(17-18)20-10-13(11-4-5-11)12-6-7-12/h8-9,11-14,17H,4-7,10H2,1-3H3. The highest BCUT2D eigenvalue weighted by molar-refractivity contribution is 5.69. The lowest BCUT2D eigenvalue weighted by molar-refractivity contribution is -0.0116. The van der Waals surface area contributed by atoms with Crippen LogP contribution in [0.15, 0.2) is 12.3 Å². The molecule has 0 aromatic heterocycles. The number of nitrogens with zero attached hydrogens (tertiary/aromatic N) is 1. The Morgan fingerprint density at radius 2 is 1.90 bits per heavy atom. The largest absolute Gasteiger partial charge is 0.442 e. The van der Waals surface area contributed by atoms with Gasteiger partial charge in [-0.3, -0.25) is 0 Å². The van der Waals surface area contributed by atoms with E-state index in [9.17, 15) is 4.79 Å². The minimum atomic E-state index is -0.491. The molecule has 0 spiro atoms. The first kappa shape index (κ1) is 14.9. The number of carbonyl (C=O) groups is 1. The lowest BCUT2D eigenvalue weighted by atomic mass is 9.99. The highest BCUT2D eigenvalue weighted by Gasteiger charge is 2.41. The first-order valence-electron chi connectivity index (χ1n) is 8.01. The Hall–Kier alpha value is -1.07. The van der Waals surface area contributed by atoms with Gasteiger partial charge in [0.25, 0.3) is 0 Å². The van der Waals surface area contributed by atoms with Crippen molar-refractivity contribution in [2.24, 2.45) is 17.8 Å². The Morgan fingerprint density at radius 3 is 2.43 bits per heavy atom. The molecule has 3 rings (SSSR count). The summed E-state index contributed by atoms with van der Waals surface area (Å²) in [5.74, 6) is 2.48. The first-order chi connectivity index (χ1) is 9.92. The third-order valence-corrected chi connectivity index (χ3v) is 4.19. The van der Waals surface area contributed by atoms with Crippen LogP contribution in [0.1, 0.15) is 46.5 Å². The number of hydrogen-bond acceptors (Lipinski definition) is 4. The van der Waals surface area contributed by atoms with Gasteiger partial charge in [-0.25, -0.2) is 9.80 Å². The molecule has 0 radical (unpaired) electrons. The van der Waals surface area contributed by atoms with Gasteiger partial charge in [0.15, 0.2) is 0 Å². The average molecular weight is 294 g/mol. The molecule has 2 fully saturated rings. The molecule has 0 saturated heterocycles. The van der Waals surface area contributed by atoms with Gasteiger partial charge in [0.05, 0.1) is 6.61 Å². The topological polar surface area (TPSA) is 50.8 Å². The number of rotatable bonds is 5. The monoisotopic (exact) mass is 294 g/mol. The number of carbonyl (C=O) groups excluding carboxylic acids is 1. The summed E-state index contributed by atoms with van der Waals surface area (Å²) < 4.78 is 11.2. The zero-order valence-electron chi connectivity index (χ0n) is 13.2. The summed E-state index contributed by atoms with van der Waals surface area (Å²) in [4.78, 5) is 11.9. The first-order valence-corrected chi connectivity index (χ1v) is 8.01. The summed E-state index contributed by atoms with van der Waals surface area (Å²) in [6.07, 6.45) is 8.38. The Morgan fingerprint density at radius 1 is 1.29 bits per heavy atom. The van der Waals surface area contributed by atoms with Crippen LogP contribution in [0.5, 0.6) is 0 Å². The second kappa shape index (κ2) is 5.61. The molecule has 1 N–H and O–H groups in total. The van der Waals surface area contributed by atoms with Crippen LogP contribution in [0.2, 0.25) is 0 Å². The summed E-state index contributed by atoms with van der Waals surface area (Å²) in [6, 6.07) is 0. The molecule has 118 valence electrons. The molecule has 0 aromatic carbocycles. The lowest BCUT2D eigenvalue weighted by Crippen LogP contribution is -2.43. The highest BCUT2D eigenvalue weighted by Crippen LogP contribution is 2.49. The van der Waals surface area contributed by atoms with E-state index in [0.717, 1.165) is 24.4 Å². The third kappa shape index (κ3) is 4.20. The molecular weight excluding hydrogens is 268 g/mol. The van der Waals surface area contributed by atoms with Gasteiger partial charge in [-0.15, -0.1) is 0 Å². The molecule has 1 amide bonds. The average Bonchev–Trinajstić information content (AvgIpc) is 3.28. The smallest absolute Gasteiger partial charge is 0.429 e. The van der Waals surface area contributed by atoms with E-state index in [1.165, 1.54) is 30.7 Å². The quantitative estimate of drug-likeness (QED) is 0.847. The Labute approximate surface area is 126 Å². The van der Waals surface area contributed by atoms with E-state index in [1.807, 2.05) is 26.8 Å². The van der Waals surface area contributed by atoms with E-state index in [1.54, 1.807) is 6.20 Å². The minimum Gasteiger partial charge on any atom is -0.442 e. The number of nitrogens with one attached hydrogen (secondary N) is 1. The van der Waals surface area contributed by atoms with Crippen molar-refractivity contribution in [3.8, 4) is 0 Å². The van der Waals surface area contributed by atoms with Crippen molar-refractivity contribution < 1.29 is 14.3 Å². The fourth-order valence-corrected chi connectivity index (χ4v) is 2.83. The maximum atomic E-state index is 11.9. The van der Waals surface area contributed by atoms with E-state index in [4.69, 9.17) is 9.47 Å². The van der Waals surface area contributed by atoms with Crippen LogP contribution in [0.4, 0.5) is 4.79 Å². The minimum absolute atomic E-state index is 0.225. The molecule has 1 atom stereocenters. The van der Waals surface area contributed by atoms with E-state index < -0.39 is 11.7 Å². The summed E-state index contributed by atoms with van der Waals surface area (Å²) in [5.41, 5.74) is 2.52. The Balaban J connectivity index is 1.42. The fraction of sp³-hybridized carbons (Fsp3) is 0.812. The third-order valence-electron chi connectivity index (χ3n) is 4.19. The van der Waals surface area contributed by atoms with Crippen LogP contribution < -0.4 is 5.43 Å². The summed E-state index contributed by atoms with van der Waals surface area (Å²) in [7, 11) is 0. The van der Waals surface area contributed by atoms with Gasteiger partial charge in [0.2, 0.25) is 0 Å². The van der Waals surface area contributed by atoms with Gasteiger partial charge < -0.3 is 9.47 Å². The van der Waals surface area contributed by atoms with Crippen molar-refractivity contribution in [3.63, 3.8) is 0 Å². The number of ether oxygens (including phenoxy) is 2. The number of hydrogen-bond donors (Lipinski definition) is 1. The molecule has 1 unspecified atom stereocenters. The van der Waals surface area contributed by atoms with E-state index in [-0.39, 0.29) is 6.23 Å². The van der Waals surface area contributed by atoms with Crippen molar-refractivity contribution >= 4 is 6.09 Å². The predicted molar refractivity (Wildman–Crippen MR) is 79.0 cm³/mol. The normalized spacial score (nSPS) is 25.7. The second-order valence-electron chi connectivity index (χ2n) is 7.41. The molecule has 2 aliphatic carbocycles. The van der Waals surface area contributed by atoms with Gasteiger partial charge in [-0.05, 0) is 70.3 Å². The van der Waals surface area contributed by atoms with Crippen molar-refractivity contribution in [3.05, 3.63) is 12.3 Å². The van der Waals surface area contributed by atoms with Crippen LogP contribution in [0, 0.1) is 17.8 Å². The van der Waals surface area contributed by atoms with Gasteiger partial charge >= 0.3 is 6.09 Å². The van der Waals surface area contributed by atoms with Crippen molar-refractivity contribution in [1.29, 1.82) is 0 Å². The van der Waals surface area contributed by atoms with E-state index in [0.29, 0.717) is 0 Å². The Bertz CT molecular complexity index is 410. The van der Waals surface area contributed by atoms with Crippen LogP contribution >= 0.6 is 0 Å².